The molecule has 0 spiro atoms. The molecule has 0 fully saturated rings. The van der Waals surface area contributed by atoms with E-state index in [0.29, 0.717) is 21.9 Å². The molecule has 0 aliphatic carbocycles. The van der Waals surface area contributed by atoms with Crippen LogP contribution in [0.25, 0.3) is 22.3 Å². The monoisotopic (exact) mass is 288 g/mol. The highest BCUT2D eigenvalue weighted by Crippen LogP contribution is 2.34. The van der Waals surface area contributed by atoms with Crippen LogP contribution in [-0.4, -0.2) is 16.2 Å². The van der Waals surface area contributed by atoms with Crippen LogP contribution < -0.4 is 0 Å². The van der Waals surface area contributed by atoms with Gasteiger partial charge in [-0.2, -0.15) is 0 Å². The first-order chi connectivity index (χ1) is 9.54. The minimum Gasteiger partial charge on any atom is -0.507 e. The van der Waals surface area contributed by atoms with E-state index in [9.17, 15) is 9.90 Å². The maximum Gasteiger partial charge on any atom is 0.335 e. The van der Waals surface area contributed by atoms with Gasteiger partial charge < -0.3 is 14.6 Å². The summed E-state index contributed by atoms with van der Waals surface area (Å²) >= 11 is 5.90. The molecule has 0 bridgehead atoms. The highest BCUT2D eigenvalue weighted by molar-refractivity contribution is 6.31. The van der Waals surface area contributed by atoms with Crippen LogP contribution in [0, 0.1) is 0 Å². The molecule has 0 aliphatic rings. The van der Waals surface area contributed by atoms with E-state index in [1.54, 1.807) is 24.3 Å². The molecule has 0 radical (unpaired) electrons. The lowest BCUT2D eigenvalue weighted by molar-refractivity contribution is 0.0696. The van der Waals surface area contributed by atoms with Gasteiger partial charge in [-0.15, -0.1) is 0 Å². The van der Waals surface area contributed by atoms with Gasteiger partial charge in [-0.05, 0) is 42.5 Å². The summed E-state index contributed by atoms with van der Waals surface area (Å²) < 4.78 is 5.62. The van der Waals surface area contributed by atoms with Crippen LogP contribution in [0.2, 0.25) is 5.02 Å². The normalized spacial score (nSPS) is 10.8. The van der Waals surface area contributed by atoms with E-state index < -0.39 is 5.97 Å². The summed E-state index contributed by atoms with van der Waals surface area (Å²) in [6.07, 6.45) is 0. The number of hydrogen-bond donors (Lipinski definition) is 2. The Bertz CT molecular complexity index is 820. The molecule has 0 unspecified atom stereocenters. The first kappa shape index (κ1) is 12.6. The van der Waals surface area contributed by atoms with E-state index in [1.165, 1.54) is 18.2 Å². The Hall–Kier alpha value is -2.46. The van der Waals surface area contributed by atoms with Crippen LogP contribution in [-0.2, 0) is 0 Å². The van der Waals surface area contributed by atoms with Crippen molar-refractivity contribution in [1.29, 1.82) is 0 Å². The van der Waals surface area contributed by atoms with Crippen molar-refractivity contribution in [3.05, 3.63) is 53.1 Å². The number of hydrogen-bond acceptors (Lipinski definition) is 3. The number of carboxylic acids is 1. The van der Waals surface area contributed by atoms with Crippen LogP contribution in [0.1, 0.15) is 10.4 Å². The molecule has 1 heterocycles. The van der Waals surface area contributed by atoms with Crippen molar-refractivity contribution < 1.29 is 19.4 Å². The fraction of sp³-hybridized carbons (Fsp3) is 0. The number of carbonyl (C=O) groups is 1. The molecule has 3 aromatic rings. The van der Waals surface area contributed by atoms with Crippen molar-refractivity contribution in [2.45, 2.75) is 0 Å². The maximum atomic E-state index is 10.8. The minimum atomic E-state index is -1.09. The second kappa shape index (κ2) is 4.58. The van der Waals surface area contributed by atoms with Gasteiger partial charge in [0.2, 0.25) is 0 Å². The number of aromatic carboxylic acids is 1. The molecule has 20 heavy (non-hydrogen) atoms. The quantitative estimate of drug-likeness (QED) is 0.743. The maximum absolute atomic E-state index is 10.8. The zero-order valence-electron chi connectivity index (χ0n) is 10.1. The van der Waals surface area contributed by atoms with Gasteiger partial charge in [0.1, 0.15) is 17.1 Å². The SMILES string of the molecule is O=C(O)c1ccc(-c2cc3cc(Cl)ccc3o2)c(O)c1. The number of rotatable bonds is 2. The number of benzene rings is 2. The number of halogens is 1. The fourth-order valence-electron chi connectivity index (χ4n) is 2.02. The lowest BCUT2D eigenvalue weighted by Gasteiger charge is -2.02. The lowest BCUT2D eigenvalue weighted by Crippen LogP contribution is -1.95. The topological polar surface area (TPSA) is 70.7 Å². The molecular weight excluding hydrogens is 280 g/mol. The average molecular weight is 289 g/mol. The highest BCUT2D eigenvalue weighted by Gasteiger charge is 2.13. The van der Waals surface area contributed by atoms with Crippen molar-refractivity contribution >= 4 is 28.5 Å². The molecule has 0 atom stereocenters. The van der Waals surface area contributed by atoms with E-state index >= 15 is 0 Å². The molecule has 3 rings (SSSR count). The van der Waals surface area contributed by atoms with Gasteiger partial charge in [0.05, 0.1) is 11.1 Å². The third kappa shape index (κ3) is 2.10. The van der Waals surface area contributed by atoms with Gasteiger partial charge in [-0.3, -0.25) is 0 Å². The van der Waals surface area contributed by atoms with E-state index in [2.05, 4.69) is 0 Å². The van der Waals surface area contributed by atoms with Gasteiger partial charge in [0, 0.05) is 10.4 Å². The van der Waals surface area contributed by atoms with Crippen LogP contribution in [0.5, 0.6) is 5.75 Å². The summed E-state index contributed by atoms with van der Waals surface area (Å²) in [6.45, 7) is 0. The van der Waals surface area contributed by atoms with Crippen LogP contribution in [0.15, 0.2) is 46.9 Å². The predicted octanol–water partition coefficient (Wildman–Crippen LogP) is 4.16. The van der Waals surface area contributed by atoms with Gasteiger partial charge in [-0.1, -0.05) is 11.6 Å². The molecule has 4 nitrogen and oxygen atoms in total. The van der Waals surface area contributed by atoms with Gasteiger partial charge in [-0.25, -0.2) is 4.79 Å². The molecule has 0 saturated heterocycles. The number of fused-ring (bicyclic) bond motifs is 1. The zero-order valence-corrected chi connectivity index (χ0v) is 10.9. The van der Waals surface area contributed by atoms with Gasteiger partial charge >= 0.3 is 5.97 Å². The van der Waals surface area contributed by atoms with Crippen molar-refractivity contribution in [3.63, 3.8) is 0 Å². The van der Waals surface area contributed by atoms with Crippen LogP contribution >= 0.6 is 11.6 Å². The van der Waals surface area contributed by atoms with E-state index in [0.717, 1.165) is 5.39 Å². The molecule has 0 aliphatic heterocycles. The zero-order chi connectivity index (χ0) is 14.3. The number of phenolic OH excluding ortho intramolecular Hbond substituents is 1. The van der Waals surface area contributed by atoms with Gasteiger partial charge in [0.25, 0.3) is 0 Å². The molecule has 1 aromatic heterocycles. The molecule has 100 valence electrons. The Balaban J connectivity index is 2.13. The lowest BCUT2D eigenvalue weighted by atomic mass is 10.1. The summed E-state index contributed by atoms with van der Waals surface area (Å²) in [5.74, 6) is -0.782. The van der Waals surface area contributed by atoms with E-state index in [1.807, 2.05) is 0 Å². The molecule has 2 aromatic carbocycles. The Labute approximate surface area is 118 Å². The smallest absolute Gasteiger partial charge is 0.335 e. The number of aromatic hydroxyl groups is 1. The summed E-state index contributed by atoms with van der Waals surface area (Å²) in [6, 6.07) is 11.1. The molecular formula is C15H9ClO4. The van der Waals surface area contributed by atoms with E-state index in [-0.39, 0.29) is 11.3 Å². The fourth-order valence-corrected chi connectivity index (χ4v) is 2.20. The van der Waals surface area contributed by atoms with Crippen molar-refractivity contribution in [2.75, 3.05) is 0 Å². The van der Waals surface area contributed by atoms with E-state index in [4.69, 9.17) is 21.1 Å². The van der Waals surface area contributed by atoms with Gasteiger partial charge in [0.15, 0.2) is 0 Å². The van der Waals surface area contributed by atoms with Crippen molar-refractivity contribution in [1.82, 2.24) is 0 Å². The summed E-state index contributed by atoms with van der Waals surface area (Å²) in [5, 5.41) is 20.2. The summed E-state index contributed by atoms with van der Waals surface area (Å²) in [5.41, 5.74) is 1.10. The summed E-state index contributed by atoms with van der Waals surface area (Å²) in [7, 11) is 0. The summed E-state index contributed by atoms with van der Waals surface area (Å²) in [4.78, 5) is 10.8. The number of carboxylic acid groups (broad SMARTS) is 1. The third-order valence-electron chi connectivity index (χ3n) is 2.99. The third-order valence-corrected chi connectivity index (χ3v) is 3.22. The van der Waals surface area contributed by atoms with Crippen LogP contribution in [0.3, 0.4) is 0 Å². The minimum absolute atomic E-state index is 0.0189. The number of phenols is 1. The first-order valence-corrected chi connectivity index (χ1v) is 6.18. The van der Waals surface area contributed by atoms with Crippen molar-refractivity contribution in [3.8, 4) is 17.1 Å². The second-order valence-electron chi connectivity index (χ2n) is 4.33. The standard InChI is InChI=1S/C15H9ClO4/c16-10-2-4-13-9(5-10)7-14(20-13)11-3-1-8(15(18)19)6-12(11)17/h1-7,17H,(H,18,19). The predicted molar refractivity (Wildman–Crippen MR) is 75.3 cm³/mol. The molecule has 2 N–H and O–H groups in total. The molecule has 5 heteroatoms. The highest BCUT2D eigenvalue weighted by atomic mass is 35.5. The second-order valence-corrected chi connectivity index (χ2v) is 4.77. The number of furan rings is 1. The van der Waals surface area contributed by atoms with Crippen molar-refractivity contribution in [2.24, 2.45) is 0 Å². The Morgan fingerprint density at radius 3 is 2.60 bits per heavy atom. The first-order valence-electron chi connectivity index (χ1n) is 5.80. The average Bonchev–Trinajstić information content (AvgIpc) is 2.80. The molecule has 0 saturated carbocycles. The Kier molecular flexibility index (Phi) is 2.88. The molecule has 0 amide bonds. The Morgan fingerprint density at radius 1 is 1.10 bits per heavy atom. The Morgan fingerprint density at radius 2 is 1.90 bits per heavy atom. The largest absolute Gasteiger partial charge is 0.507 e. The van der Waals surface area contributed by atoms with Crippen LogP contribution in [0.4, 0.5) is 0 Å².